The lowest BCUT2D eigenvalue weighted by Gasteiger charge is -2.27. The topological polar surface area (TPSA) is 47.6 Å². The van der Waals surface area contributed by atoms with Gasteiger partial charge in [0.05, 0.1) is 7.11 Å². The minimum Gasteiger partial charge on any atom is -0.493 e. The third kappa shape index (κ3) is 2.58. The minimum absolute atomic E-state index is 0.337. The lowest BCUT2D eigenvalue weighted by Crippen LogP contribution is -2.42. The van der Waals surface area contributed by atoms with E-state index in [1.165, 1.54) is 0 Å². The van der Waals surface area contributed by atoms with E-state index in [1.54, 1.807) is 25.3 Å². The van der Waals surface area contributed by atoms with Crippen LogP contribution in [0.3, 0.4) is 0 Å². The first-order valence-corrected chi connectivity index (χ1v) is 5.74. The quantitative estimate of drug-likeness (QED) is 0.811. The molecule has 0 radical (unpaired) electrons. The van der Waals surface area contributed by atoms with E-state index in [0.717, 1.165) is 25.7 Å². The summed E-state index contributed by atoms with van der Waals surface area (Å²) in [6.45, 7) is 2.98. The van der Waals surface area contributed by atoms with Crippen LogP contribution >= 0.6 is 0 Å². The number of nitrogens with one attached hydrogen (secondary N) is 1. The maximum Gasteiger partial charge on any atom is 0.163 e. The SMILES string of the molecule is COc1cc(C=O)ccc1O[C@]1(C)CCCN1. The number of methoxy groups -OCH3 is 1. The second-order valence-electron chi connectivity index (χ2n) is 4.39. The second-order valence-corrected chi connectivity index (χ2v) is 4.39. The molecule has 1 aliphatic heterocycles. The number of carbonyl (C=O) groups excluding carboxylic acids is 1. The van der Waals surface area contributed by atoms with E-state index in [2.05, 4.69) is 5.32 Å². The van der Waals surface area contributed by atoms with Crippen molar-refractivity contribution < 1.29 is 14.3 Å². The highest BCUT2D eigenvalue weighted by Gasteiger charge is 2.30. The fourth-order valence-corrected chi connectivity index (χ4v) is 2.04. The molecule has 0 bridgehead atoms. The molecule has 0 aliphatic carbocycles. The molecule has 1 aliphatic rings. The summed E-state index contributed by atoms with van der Waals surface area (Å²) in [5, 5.41) is 3.31. The molecule has 1 N–H and O–H groups in total. The molecule has 4 nitrogen and oxygen atoms in total. The molecular formula is C13H17NO3. The standard InChI is InChI=1S/C13H17NO3/c1-13(6-3-7-14-13)17-11-5-4-10(9-15)8-12(11)16-2/h4-5,8-9,14H,3,6-7H2,1-2H3/t13-/m1/s1. The molecule has 1 heterocycles. The zero-order valence-corrected chi connectivity index (χ0v) is 10.2. The summed E-state index contributed by atoms with van der Waals surface area (Å²) in [4.78, 5) is 10.7. The summed E-state index contributed by atoms with van der Waals surface area (Å²) in [5.41, 5.74) is 0.245. The van der Waals surface area contributed by atoms with Gasteiger partial charge in [-0.15, -0.1) is 0 Å². The number of hydrogen-bond acceptors (Lipinski definition) is 4. The Labute approximate surface area is 101 Å². The summed E-state index contributed by atoms with van der Waals surface area (Å²) in [7, 11) is 1.57. The maximum absolute atomic E-state index is 10.7. The highest BCUT2D eigenvalue weighted by molar-refractivity contribution is 5.76. The zero-order chi connectivity index (χ0) is 12.3. The highest BCUT2D eigenvalue weighted by atomic mass is 16.5. The molecule has 2 rings (SSSR count). The number of aldehydes is 1. The minimum atomic E-state index is -0.337. The van der Waals surface area contributed by atoms with E-state index in [1.807, 2.05) is 6.92 Å². The van der Waals surface area contributed by atoms with Crippen LogP contribution in [0.15, 0.2) is 18.2 Å². The number of carbonyl (C=O) groups is 1. The Morgan fingerprint density at radius 2 is 2.24 bits per heavy atom. The Morgan fingerprint density at radius 3 is 2.82 bits per heavy atom. The smallest absolute Gasteiger partial charge is 0.163 e. The van der Waals surface area contributed by atoms with Gasteiger partial charge < -0.3 is 9.47 Å². The molecule has 1 aromatic rings. The van der Waals surface area contributed by atoms with Gasteiger partial charge >= 0.3 is 0 Å². The average Bonchev–Trinajstić information content (AvgIpc) is 2.76. The van der Waals surface area contributed by atoms with Crippen molar-refractivity contribution in [1.29, 1.82) is 0 Å². The van der Waals surface area contributed by atoms with Gasteiger partial charge in [-0.2, -0.15) is 0 Å². The Kier molecular flexibility index (Phi) is 3.33. The van der Waals surface area contributed by atoms with E-state index < -0.39 is 0 Å². The van der Waals surface area contributed by atoms with E-state index >= 15 is 0 Å². The number of ether oxygens (including phenoxy) is 2. The first kappa shape index (κ1) is 11.9. The fourth-order valence-electron chi connectivity index (χ4n) is 2.04. The molecule has 0 amide bonds. The van der Waals surface area contributed by atoms with Crippen LogP contribution in [0.4, 0.5) is 0 Å². The van der Waals surface area contributed by atoms with E-state index in [0.29, 0.717) is 17.1 Å². The first-order chi connectivity index (χ1) is 8.17. The summed E-state index contributed by atoms with van der Waals surface area (Å²) in [5.74, 6) is 1.25. The monoisotopic (exact) mass is 235 g/mol. The lowest BCUT2D eigenvalue weighted by atomic mass is 10.2. The summed E-state index contributed by atoms with van der Waals surface area (Å²) >= 11 is 0. The first-order valence-electron chi connectivity index (χ1n) is 5.74. The summed E-state index contributed by atoms with van der Waals surface area (Å²) in [6.07, 6.45) is 2.86. The van der Waals surface area contributed by atoms with Crippen LogP contribution in [-0.4, -0.2) is 25.7 Å². The Hall–Kier alpha value is -1.55. The predicted molar refractivity (Wildman–Crippen MR) is 64.7 cm³/mol. The van der Waals surface area contributed by atoms with Crippen molar-refractivity contribution >= 4 is 6.29 Å². The molecule has 1 saturated heterocycles. The number of rotatable bonds is 4. The fraction of sp³-hybridized carbons (Fsp3) is 0.462. The Morgan fingerprint density at radius 1 is 1.41 bits per heavy atom. The van der Waals surface area contributed by atoms with Gasteiger partial charge in [0.2, 0.25) is 0 Å². The van der Waals surface area contributed by atoms with E-state index in [4.69, 9.17) is 9.47 Å². The van der Waals surface area contributed by atoms with E-state index in [-0.39, 0.29) is 5.72 Å². The molecule has 1 atom stereocenters. The van der Waals surface area contributed by atoms with Gasteiger partial charge in [-0.25, -0.2) is 0 Å². The van der Waals surface area contributed by atoms with Crippen LogP contribution in [0.25, 0.3) is 0 Å². The maximum atomic E-state index is 10.7. The van der Waals surface area contributed by atoms with Crippen LogP contribution in [0.2, 0.25) is 0 Å². The van der Waals surface area contributed by atoms with Gasteiger partial charge in [0.25, 0.3) is 0 Å². The van der Waals surface area contributed by atoms with Gasteiger partial charge in [0, 0.05) is 12.0 Å². The number of hydrogen-bond donors (Lipinski definition) is 1. The van der Waals surface area contributed by atoms with Crippen molar-refractivity contribution in [3.8, 4) is 11.5 Å². The van der Waals surface area contributed by atoms with Crippen molar-refractivity contribution in [1.82, 2.24) is 5.32 Å². The van der Waals surface area contributed by atoms with E-state index in [9.17, 15) is 4.79 Å². The molecule has 4 heteroatoms. The molecule has 0 aromatic heterocycles. The number of benzene rings is 1. The highest BCUT2D eigenvalue weighted by Crippen LogP contribution is 2.32. The second kappa shape index (κ2) is 4.75. The zero-order valence-electron chi connectivity index (χ0n) is 10.2. The van der Waals surface area contributed by atoms with Crippen molar-refractivity contribution in [2.45, 2.75) is 25.5 Å². The molecule has 0 unspecified atom stereocenters. The average molecular weight is 235 g/mol. The largest absolute Gasteiger partial charge is 0.493 e. The Balaban J connectivity index is 2.22. The van der Waals surface area contributed by atoms with Crippen LogP contribution in [0.5, 0.6) is 11.5 Å². The lowest BCUT2D eigenvalue weighted by molar-refractivity contribution is 0.0698. The summed E-state index contributed by atoms with van der Waals surface area (Å²) in [6, 6.07) is 5.18. The third-order valence-electron chi connectivity index (χ3n) is 2.99. The van der Waals surface area contributed by atoms with Gasteiger partial charge in [-0.3, -0.25) is 10.1 Å². The van der Waals surface area contributed by atoms with Gasteiger partial charge in [-0.1, -0.05) is 0 Å². The molecule has 92 valence electrons. The van der Waals surface area contributed by atoms with Crippen molar-refractivity contribution in [3.63, 3.8) is 0 Å². The van der Waals surface area contributed by atoms with Gasteiger partial charge in [0.15, 0.2) is 17.2 Å². The van der Waals surface area contributed by atoms with Crippen molar-refractivity contribution in [2.75, 3.05) is 13.7 Å². The normalized spacial score (nSPS) is 23.4. The van der Waals surface area contributed by atoms with Crippen LogP contribution in [0, 0.1) is 0 Å². The van der Waals surface area contributed by atoms with Crippen LogP contribution in [-0.2, 0) is 0 Å². The molecule has 0 saturated carbocycles. The van der Waals surface area contributed by atoms with Crippen LogP contribution < -0.4 is 14.8 Å². The van der Waals surface area contributed by atoms with Gasteiger partial charge in [0.1, 0.15) is 6.29 Å². The summed E-state index contributed by atoms with van der Waals surface area (Å²) < 4.78 is 11.2. The Bertz CT molecular complexity index is 411. The van der Waals surface area contributed by atoms with Crippen molar-refractivity contribution in [2.24, 2.45) is 0 Å². The molecule has 17 heavy (non-hydrogen) atoms. The molecular weight excluding hydrogens is 218 g/mol. The predicted octanol–water partition coefficient (Wildman–Crippen LogP) is 1.99. The third-order valence-corrected chi connectivity index (χ3v) is 2.99. The molecule has 0 spiro atoms. The molecule has 1 aromatic carbocycles. The van der Waals surface area contributed by atoms with Gasteiger partial charge in [-0.05, 0) is 38.1 Å². The molecule has 1 fully saturated rings. The van der Waals surface area contributed by atoms with Crippen molar-refractivity contribution in [3.05, 3.63) is 23.8 Å². The van der Waals surface area contributed by atoms with Crippen LogP contribution in [0.1, 0.15) is 30.1 Å².